The van der Waals surface area contributed by atoms with Crippen molar-refractivity contribution in [3.05, 3.63) is 29.3 Å². The summed E-state index contributed by atoms with van der Waals surface area (Å²) in [5.74, 6) is 2.21. The predicted octanol–water partition coefficient (Wildman–Crippen LogP) is 3.69. The molecule has 1 heterocycles. The smallest absolute Gasteiger partial charge is 0.123 e. The van der Waals surface area contributed by atoms with Gasteiger partial charge >= 0.3 is 0 Å². The first-order chi connectivity index (χ1) is 6.59. The molecule has 0 radical (unpaired) electrons. The van der Waals surface area contributed by atoms with Crippen molar-refractivity contribution in [2.45, 2.75) is 45.6 Å². The summed E-state index contributed by atoms with van der Waals surface area (Å²) in [5.41, 5.74) is 2.79. The summed E-state index contributed by atoms with van der Waals surface area (Å²) >= 11 is 0. The first kappa shape index (κ1) is 9.57. The molecule has 1 heteroatoms. The first-order valence-corrected chi connectivity index (χ1v) is 5.40. The lowest BCUT2D eigenvalue weighted by Crippen LogP contribution is -2.10. The molecule has 1 nitrogen and oxygen atoms in total. The number of ether oxygens (including phenoxy) is 1. The van der Waals surface area contributed by atoms with Crippen molar-refractivity contribution in [2.75, 3.05) is 0 Å². The lowest BCUT2D eigenvalue weighted by molar-refractivity contribution is 0.232. The molecular formula is C13H18O. The summed E-state index contributed by atoms with van der Waals surface area (Å²) in [6.45, 7) is 8.83. The van der Waals surface area contributed by atoms with Gasteiger partial charge in [-0.05, 0) is 24.5 Å². The molecule has 0 spiro atoms. The van der Waals surface area contributed by atoms with Crippen LogP contribution in [0.2, 0.25) is 0 Å². The molecule has 0 bridgehead atoms. The average Bonchev–Trinajstić information content (AvgIpc) is 2.43. The lowest BCUT2D eigenvalue weighted by atomic mass is 9.93. The van der Waals surface area contributed by atoms with E-state index in [1.54, 1.807) is 0 Å². The number of rotatable bonds is 1. The van der Waals surface area contributed by atoms with Crippen LogP contribution in [-0.2, 0) is 0 Å². The SMILES string of the molecule is CC(C)c1ccc2c(c1)C(C)C(C)O2. The Hall–Kier alpha value is -0.980. The summed E-state index contributed by atoms with van der Waals surface area (Å²) in [6.07, 6.45) is 0.326. The quantitative estimate of drug-likeness (QED) is 0.656. The van der Waals surface area contributed by atoms with Crippen LogP contribution in [0.3, 0.4) is 0 Å². The highest BCUT2D eigenvalue weighted by molar-refractivity contribution is 5.44. The van der Waals surface area contributed by atoms with E-state index < -0.39 is 0 Å². The van der Waals surface area contributed by atoms with Gasteiger partial charge in [0, 0.05) is 11.5 Å². The minimum atomic E-state index is 0.326. The van der Waals surface area contributed by atoms with Gasteiger partial charge < -0.3 is 4.74 Å². The van der Waals surface area contributed by atoms with E-state index >= 15 is 0 Å². The van der Waals surface area contributed by atoms with Gasteiger partial charge in [-0.2, -0.15) is 0 Å². The predicted molar refractivity (Wildman–Crippen MR) is 59.0 cm³/mol. The molecule has 0 amide bonds. The molecule has 2 rings (SSSR count). The third-order valence-electron chi connectivity index (χ3n) is 3.21. The molecular weight excluding hydrogens is 172 g/mol. The summed E-state index contributed by atoms with van der Waals surface area (Å²) in [7, 11) is 0. The van der Waals surface area contributed by atoms with Crippen molar-refractivity contribution >= 4 is 0 Å². The Morgan fingerprint density at radius 2 is 1.93 bits per heavy atom. The van der Waals surface area contributed by atoms with Crippen LogP contribution >= 0.6 is 0 Å². The van der Waals surface area contributed by atoms with Gasteiger partial charge in [-0.25, -0.2) is 0 Å². The summed E-state index contributed by atoms with van der Waals surface area (Å²) in [4.78, 5) is 0. The van der Waals surface area contributed by atoms with Crippen LogP contribution in [0, 0.1) is 0 Å². The maximum absolute atomic E-state index is 5.75. The second-order valence-corrected chi connectivity index (χ2v) is 4.56. The molecule has 1 aliphatic rings. The molecule has 2 unspecified atom stereocenters. The van der Waals surface area contributed by atoms with Crippen LogP contribution in [0.1, 0.15) is 50.7 Å². The Balaban J connectivity index is 2.41. The minimum Gasteiger partial charge on any atom is -0.490 e. The average molecular weight is 190 g/mol. The topological polar surface area (TPSA) is 9.23 Å². The minimum absolute atomic E-state index is 0.326. The van der Waals surface area contributed by atoms with Crippen molar-refractivity contribution in [2.24, 2.45) is 0 Å². The highest BCUT2D eigenvalue weighted by Gasteiger charge is 2.27. The van der Waals surface area contributed by atoms with Gasteiger partial charge in [-0.3, -0.25) is 0 Å². The van der Waals surface area contributed by atoms with Gasteiger partial charge in [-0.15, -0.1) is 0 Å². The molecule has 1 aliphatic heterocycles. The number of benzene rings is 1. The van der Waals surface area contributed by atoms with Crippen molar-refractivity contribution in [3.8, 4) is 5.75 Å². The van der Waals surface area contributed by atoms with Crippen LogP contribution in [-0.4, -0.2) is 6.10 Å². The molecule has 0 aliphatic carbocycles. The fraction of sp³-hybridized carbons (Fsp3) is 0.538. The molecule has 14 heavy (non-hydrogen) atoms. The zero-order valence-corrected chi connectivity index (χ0v) is 9.37. The molecule has 1 aromatic rings. The molecule has 0 fully saturated rings. The monoisotopic (exact) mass is 190 g/mol. The van der Waals surface area contributed by atoms with Gasteiger partial charge in [0.05, 0.1) is 0 Å². The van der Waals surface area contributed by atoms with E-state index in [1.165, 1.54) is 11.1 Å². The highest BCUT2D eigenvalue weighted by atomic mass is 16.5. The normalized spacial score (nSPS) is 24.9. The molecule has 0 aromatic heterocycles. The van der Waals surface area contributed by atoms with E-state index in [-0.39, 0.29) is 0 Å². The van der Waals surface area contributed by atoms with Crippen LogP contribution < -0.4 is 4.74 Å². The largest absolute Gasteiger partial charge is 0.490 e. The maximum atomic E-state index is 5.75. The van der Waals surface area contributed by atoms with Crippen molar-refractivity contribution in [3.63, 3.8) is 0 Å². The van der Waals surface area contributed by atoms with E-state index in [0.29, 0.717) is 17.9 Å². The molecule has 0 saturated heterocycles. The highest BCUT2D eigenvalue weighted by Crippen LogP contribution is 2.39. The standard InChI is InChI=1S/C13H18O/c1-8(2)11-5-6-13-12(7-11)9(3)10(4)14-13/h5-10H,1-4H3. The van der Waals surface area contributed by atoms with Crippen LogP contribution in [0.4, 0.5) is 0 Å². The maximum Gasteiger partial charge on any atom is 0.123 e. The van der Waals surface area contributed by atoms with Gasteiger partial charge in [0.25, 0.3) is 0 Å². The third-order valence-corrected chi connectivity index (χ3v) is 3.21. The van der Waals surface area contributed by atoms with E-state index in [9.17, 15) is 0 Å². The number of hydrogen-bond acceptors (Lipinski definition) is 1. The second kappa shape index (κ2) is 3.30. The first-order valence-electron chi connectivity index (χ1n) is 5.40. The van der Waals surface area contributed by atoms with E-state index in [4.69, 9.17) is 4.74 Å². The molecule has 0 N–H and O–H groups in total. The molecule has 1 aromatic carbocycles. The fourth-order valence-electron chi connectivity index (χ4n) is 1.94. The van der Waals surface area contributed by atoms with E-state index in [2.05, 4.69) is 45.9 Å². The molecule has 76 valence electrons. The van der Waals surface area contributed by atoms with E-state index in [0.717, 1.165) is 5.75 Å². The molecule has 2 atom stereocenters. The van der Waals surface area contributed by atoms with E-state index in [1.807, 2.05) is 0 Å². The summed E-state index contributed by atoms with van der Waals surface area (Å²) in [5, 5.41) is 0. The van der Waals surface area contributed by atoms with Gasteiger partial charge in [0.1, 0.15) is 11.9 Å². The summed E-state index contributed by atoms with van der Waals surface area (Å²) in [6, 6.07) is 6.59. The lowest BCUT2D eigenvalue weighted by Gasteiger charge is -2.09. The zero-order valence-electron chi connectivity index (χ0n) is 9.37. The van der Waals surface area contributed by atoms with Crippen LogP contribution in [0.25, 0.3) is 0 Å². The van der Waals surface area contributed by atoms with Crippen molar-refractivity contribution in [1.29, 1.82) is 0 Å². The Labute approximate surface area is 86.1 Å². The second-order valence-electron chi connectivity index (χ2n) is 4.56. The Morgan fingerprint density at radius 3 is 2.57 bits per heavy atom. The van der Waals surface area contributed by atoms with Gasteiger partial charge in [0.2, 0.25) is 0 Å². The number of fused-ring (bicyclic) bond motifs is 1. The Kier molecular flexibility index (Phi) is 2.26. The van der Waals surface area contributed by atoms with Crippen LogP contribution in [0.5, 0.6) is 5.75 Å². The molecule has 0 saturated carbocycles. The number of hydrogen-bond donors (Lipinski definition) is 0. The van der Waals surface area contributed by atoms with Crippen LogP contribution in [0.15, 0.2) is 18.2 Å². The third kappa shape index (κ3) is 1.41. The fourth-order valence-corrected chi connectivity index (χ4v) is 1.94. The van der Waals surface area contributed by atoms with Gasteiger partial charge in [0.15, 0.2) is 0 Å². The Morgan fingerprint density at radius 1 is 1.21 bits per heavy atom. The van der Waals surface area contributed by atoms with Crippen molar-refractivity contribution < 1.29 is 4.74 Å². The Bertz CT molecular complexity index is 341. The van der Waals surface area contributed by atoms with Crippen molar-refractivity contribution in [1.82, 2.24) is 0 Å². The van der Waals surface area contributed by atoms with Gasteiger partial charge in [-0.1, -0.05) is 32.9 Å². The summed E-state index contributed by atoms with van der Waals surface area (Å²) < 4.78 is 5.75. The zero-order chi connectivity index (χ0) is 10.3.